The van der Waals surface area contributed by atoms with Crippen LogP contribution in [0.2, 0.25) is 0 Å². The van der Waals surface area contributed by atoms with Crippen molar-refractivity contribution in [1.82, 2.24) is 0 Å². The zero-order valence-corrected chi connectivity index (χ0v) is 11.9. The van der Waals surface area contributed by atoms with Crippen LogP contribution >= 0.6 is 11.8 Å². The minimum atomic E-state index is -4.74. The van der Waals surface area contributed by atoms with Crippen molar-refractivity contribution in [3.05, 3.63) is 29.8 Å². The molecule has 0 amide bonds. The molecule has 0 saturated heterocycles. The third kappa shape index (κ3) is 4.84. The summed E-state index contributed by atoms with van der Waals surface area (Å²) in [7, 11) is 0. The Kier molecular flexibility index (Phi) is 5.03. The standard InChI is InChI=1S/C14H15F3O3S/c15-14(16,17)20-10-7-5-9(6-8-10)12(13(18)19)21-11-3-1-2-4-11/h5-8,11-12H,1-4H2,(H,18,19)/t12-/m1/s1. The molecule has 0 aliphatic heterocycles. The summed E-state index contributed by atoms with van der Waals surface area (Å²) >= 11 is 1.37. The molecule has 1 aromatic rings. The second kappa shape index (κ2) is 6.60. The number of rotatable bonds is 5. The highest BCUT2D eigenvalue weighted by atomic mass is 32.2. The largest absolute Gasteiger partial charge is 0.573 e. The molecule has 0 bridgehead atoms. The number of alkyl halides is 3. The number of carboxylic acids is 1. The van der Waals surface area contributed by atoms with E-state index in [1.165, 1.54) is 23.9 Å². The molecule has 0 spiro atoms. The number of aliphatic carboxylic acids is 1. The van der Waals surface area contributed by atoms with E-state index in [4.69, 9.17) is 0 Å². The Morgan fingerprint density at radius 1 is 1.24 bits per heavy atom. The molecule has 1 atom stereocenters. The van der Waals surface area contributed by atoms with E-state index in [9.17, 15) is 23.1 Å². The van der Waals surface area contributed by atoms with E-state index in [0.29, 0.717) is 10.8 Å². The van der Waals surface area contributed by atoms with Gasteiger partial charge in [0.15, 0.2) is 0 Å². The molecule has 3 nitrogen and oxygen atoms in total. The number of benzene rings is 1. The Labute approximate surface area is 124 Å². The molecule has 1 aromatic carbocycles. The van der Waals surface area contributed by atoms with Gasteiger partial charge in [0.1, 0.15) is 11.0 Å². The van der Waals surface area contributed by atoms with Crippen molar-refractivity contribution in [2.24, 2.45) is 0 Å². The fourth-order valence-corrected chi connectivity index (χ4v) is 3.76. The SMILES string of the molecule is O=C(O)[C@H](SC1CCCC1)c1ccc(OC(F)(F)F)cc1. The van der Waals surface area contributed by atoms with Gasteiger partial charge in [0, 0.05) is 5.25 Å². The minimum absolute atomic E-state index is 0.303. The number of ether oxygens (including phenoxy) is 1. The summed E-state index contributed by atoms with van der Waals surface area (Å²) in [6.07, 6.45) is -0.565. The first-order valence-corrected chi connectivity index (χ1v) is 7.53. The quantitative estimate of drug-likeness (QED) is 0.874. The summed E-state index contributed by atoms with van der Waals surface area (Å²) in [6, 6.07) is 5.05. The van der Waals surface area contributed by atoms with Crippen LogP contribution in [-0.2, 0) is 4.79 Å². The molecule has 1 N–H and O–H groups in total. The Morgan fingerprint density at radius 3 is 2.29 bits per heavy atom. The van der Waals surface area contributed by atoms with Crippen molar-refractivity contribution < 1.29 is 27.8 Å². The van der Waals surface area contributed by atoms with Gasteiger partial charge in [-0.1, -0.05) is 25.0 Å². The topological polar surface area (TPSA) is 46.5 Å². The number of thioether (sulfide) groups is 1. The maximum Gasteiger partial charge on any atom is 0.573 e. The number of hydrogen-bond donors (Lipinski definition) is 1. The van der Waals surface area contributed by atoms with E-state index in [1.807, 2.05) is 0 Å². The van der Waals surface area contributed by atoms with Gasteiger partial charge in [-0.2, -0.15) is 0 Å². The maximum absolute atomic E-state index is 12.1. The summed E-state index contributed by atoms with van der Waals surface area (Å²) in [6.45, 7) is 0. The highest BCUT2D eigenvalue weighted by molar-refractivity contribution is 8.00. The smallest absolute Gasteiger partial charge is 0.480 e. The van der Waals surface area contributed by atoms with Crippen LogP contribution in [-0.4, -0.2) is 22.7 Å². The monoisotopic (exact) mass is 320 g/mol. The Balaban J connectivity index is 2.07. The summed E-state index contributed by atoms with van der Waals surface area (Å²) in [4.78, 5) is 11.4. The lowest BCUT2D eigenvalue weighted by Gasteiger charge is -2.17. The molecule has 1 aliphatic carbocycles. The lowest BCUT2D eigenvalue weighted by molar-refractivity contribution is -0.274. The summed E-state index contributed by atoms with van der Waals surface area (Å²) in [5.41, 5.74) is 0.480. The lowest BCUT2D eigenvalue weighted by atomic mass is 10.1. The van der Waals surface area contributed by atoms with E-state index < -0.39 is 17.6 Å². The van der Waals surface area contributed by atoms with Crippen LogP contribution in [0.25, 0.3) is 0 Å². The van der Waals surface area contributed by atoms with Crippen LogP contribution in [0.3, 0.4) is 0 Å². The molecule has 0 heterocycles. The van der Waals surface area contributed by atoms with Gasteiger partial charge in [0.2, 0.25) is 0 Å². The normalized spacial score (nSPS) is 17.7. The van der Waals surface area contributed by atoms with Gasteiger partial charge in [-0.05, 0) is 30.5 Å². The van der Waals surface area contributed by atoms with E-state index in [1.54, 1.807) is 0 Å². The molecule has 7 heteroatoms. The molecular weight excluding hydrogens is 305 g/mol. The first-order valence-electron chi connectivity index (χ1n) is 6.59. The molecule has 21 heavy (non-hydrogen) atoms. The van der Waals surface area contributed by atoms with Crippen molar-refractivity contribution in [2.45, 2.75) is 42.5 Å². The average Bonchev–Trinajstić information content (AvgIpc) is 2.88. The van der Waals surface area contributed by atoms with Gasteiger partial charge in [-0.3, -0.25) is 4.79 Å². The molecule has 2 rings (SSSR count). The zero-order chi connectivity index (χ0) is 15.5. The van der Waals surface area contributed by atoms with Crippen molar-refractivity contribution in [1.29, 1.82) is 0 Å². The summed E-state index contributed by atoms with van der Waals surface area (Å²) < 4.78 is 40.0. The number of hydrogen-bond acceptors (Lipinski definition) is 3. The maximum atomic E-state index is 12.1. The zero-order valence-electron chi connectivity index (χ0n) is 11.1. The Bertz CT molecular complexity index is 481. The average molecular weight is 320 g/mol. The highest BCUT2D eigenvalue weighted by Gasteiger charge is 2.31. The van der Waals surface area contributed by atoms with Gasteiger partial charge in [0.05, 0.1) is 0 Å². The van der Waals surface area contributed by atoms with E-state index in [-0.39, 0.29) is 5.75 Å². The van der Waals surface area contributed by atoms with E-state index >= 15 is 0 Å². The van der Waals surface area contributed by atoms with Crippen molar-refractivity contribution in [3.8, 4) is 5.75 Å². The van der Waals surface area contributed by atoms with Gasteiger partial charge in [0.25, 0.3) is 0 Å². The van der Waals surface area contributed by atoms with Gasteiger partial charge in [-0.15, -0.1) is 24.9 Å². The Morgan fingerprint density at radius 2 is 1.81 bits per heavy atom. The van der Waals surface area contributed by atoms with Gasteiger partial charge in [-0.25, -0.2) is 0 Å². The third-order valence-corrected chi connectivity index (χ3v) is 4.87. The van der Waals surface area contributed by atoms with Crippen LogP contribution in [0.1, 0.15) is 36.5 Å². The van der Waals surface area contributed by atoms with Gasteiger partial charge < -0.3 is 9.84 Å². The molecule has 0 radical (unpaired) electrons. The van der Waals surface area contributed by atoms with Crippen molar-refractivity contribution in [3.63, 3.8) is 0 Å². The van der Waals surface area contributed by atoms with Crippen LogP contribution in [0.5, 0.6) is 5.75 Å². The molecule has 116 valence electrons. The fourth-order valence-electron chi connectivity index (χ4n) is 2.34. The first kappa shape index (κ1) is 16.0. The van der Waals surface area contributed by atoms with Crippen molar-refractivity contribution in [2.75, 3.05) is 0 Å². The molecule has 0 unspecified atom stereocenters. The number of carboxylic acid groups (broad SMARTS) is 1. The highest BCUT2D eigenvalue weighted by Crippen LogP contribution is 2.40. The molecule has 1 aliphatic rings. The minimum Gasteiger partial charge on any atom is -0.480 e. The second-order valence-electron chi connectivity index (χ2n) is 4.88. The molecule has 1 fully saturated rings. The lowest BCUT2D eigenvalue weighted by Crippen LogP contribution is -2.17. The predicted molar refractivity (Wildman–Crippen MR) is 73.3 cm³/mol. The van der Waals surface area contributed by atoms with Crippen molar-refractivity contribution >= 4 is 17.7 Å². The van der Waals surface area contributed by atoms with Gasteiger partial charge >= 0.3 is 12.3 Å². The summed E-state index contributed by atoms with van der Waals surface area (Å²) in [5, 5.41) is 8.86. The van der Waals surface area contributed by atoms with Crippen LogP contribution in [0, 0.1) is 0 Å². The number of halogens is 3. The van der Waals surface area contributed by atoms with Crippen LogP contribution in [0.4, 0.5) is 13.2 Å². The second-order valence-corrected chi connectivity index (χ2v) is 6.29. The molecular formula is C14H15F3O3S. The predicted octanol–water partition coefficient (Wildman–Crippen LogP) is 4.39. The van der Waals surface area contributed by atoms with E-state index in [0.717, 1.165) is 37.8 Å². The fraction of sp³-hybridized carbons (Fsp3) is 0.500. The Hall–Kier alpha value is -1.37. The van der Waals surface area contributed by atoms with Crippen LogP contribution < -0.4 is 4.74 Å². The first-order chi connectivity index (χ1) is 9.85. The molecule has 1 saturated carbocycles. The summed E-state index contributed by atoms with van der Waals surface area (Å²) in [5.74, 6) is -1.32. The third-order valence-electron chi connectivity index (χ3n) is 3.27. The molecule has 0 aromatic heterocycles. The van der Waals surface area contributed by atoms with Crippen LogP contribution in [0.15, 0.2) is 24.3 Å². The van der Waals surface area contributed by atoms with E-state index in [2.05, 4.69) is 4.74 Å². The number of carbonyl (C=O) groups is 1.